The van der Waals surface area contributed by atoms with Crippen LogP contribution >= 0.6 is 0 Å². The van der Waals surface area contributed by atoms with Crippen LogP contribution < -0.4 is 10.5 Å². The summed E-state index contributed by atoms with van der Waals surface area (Å²) in [7, 11) is 0. The number of aromatic nitrogens is 2. The van der Waals surface area contributed by atoms with Crippen LogP contribution in [0.1, 0.15) is 45.0 Å². The molecule has 0 bridgehead atoms. The Morgan fingerprint density at radius 3 is 2.95 bits per heavy atom. The molecule has 2 aromatic rings. The first kappa shape index (κ1) is 14.5. The third-order valence-corrected chi connectivity index (χ3v) is 3.03. The zero-order chi connectivity index (χ0) is 14.4. The first-order valence-corrected chi connectivity index (χ1v) is 7.07. The van der Waals surface area contributed by atoms with Crippen LogP contribution in [0.2, 0.25) is 0 Å². The summed E-state index contributed by atoms with van der Waals surface area (Å²) in [6, 6.07) is 7.45. The van der Waals surface area contributed by atoms with Gasteiger partial charge in [0.2, 0.25) is 11.7 Å². The minimum absolute atomic E-state index is 0.189. The summed E-state index contributed by atoms with van der Waals surface area (Å²) in [5.41, 5.74) is 6.90. The Kier molecular flexibility index (Phi) is 5.12. The van der Waals surface area contributed by atoms with Crippen molar-refractivity contribution in [3.8, 4) is 17.1 Å². The van der Waals surface area contributed by atoms with Crippen molar-refractivity contribution < 1.29 is 9.26 Å². The van der Waals surface area contributed by atoms with Gasteiger partial charge in [0.05, 0.1) is 12.6 Å². The van der Waals surface area contributed by atoms with Gasteiger partial charge < -0.3 is 15.0 Å². The van der Waals surface area contributed by atoms with Crippen molar-refractivity contribution in [1.29, 1.82) is 0 Å². The molecule has 5 nitrogen and oxygen atoms in total. The fourth-order valence-corrected chi connectivity index (χ4v) is 1.94. The standard InChI is InChI=1S/C15H21N3O2/c1-3-5-9-13(16)15-17-14(18-20-15)11-7-6-8-12(10-11)19-4-2/h6-8,10,13H,3-5,9,16H2,1-2H3/t13-/m0/s1. The second-order valence-corrected chi connectivity index (χ2v) is 4.67. The first-order chi connectivity index (χ1) is 9.74. The van der Waals surface area contributed by atoms with Gasteiger partial charge in [-0.3, -0.25) is 0 Å². The molecule has 0 fully saturated rings. The smallest absolute Gasteiger partial charge is 0.243 e. The minimum atomic E-state index is -0.189. The number of rotatable bonds is 7. The van der Waals surface area contributed by atoms with Crippen LogP contribution in [-0.2, 0) is 0 Å². The molecule has 0 amide bonds. The van der Waals surface area contributed by atoms with Crippen molar-refractivity contribution in [1.82, 2.24) is 10.1 Å². The Balaban J connectivity index is 2.13. The van der Waals surface area contributed by atoms with Crippen LogP contribution in [-0.4, -0.2) is 16.7 Å². The van der Waals surface area contributed by atoms with Gasteiger partial charge >= 0.3 is 0 Å². The minimum Gasteiger partial charge on any atom is -0.494 e. The van der Waals surface area contributed by atoms with E-state index in [0.717, 1.165) is 30.6 Å². The zero-order valence-electron chi connectivity index (χ0n) is 12.0. The zero-order valence-corrected chi connectivity index (χ0v) is 12.0. The summed E-state index contributed by atoms with van der Waals surface area (Å²) in [6.45, 7) is 4.71. The predicted octanol–water partition coefficient (Wildman–Crippen LogP) is 3.33. The molecule has 0 unspecified atom stereocenters. The quantitative estimate of drug-likeness (QED) is 0.839. The van der Waals surface area contributed by atoms with Gasteiger partial charge in [-0.2, -0.15) is 4.98 Å². The number of nitrogens with zero attached hydrogens (tertiary/aromatic N) is 2. The highest BCUT2D eigenvalue weighted by Gasteiger charge is 2.15. The molecule has 0 spiro atoms. The van der Waals surface area contributed by atoms with Crippen LogP contribution in [0, 0.1) is 0 Å². The van der Waals surface area contributed by atoms with Gasteiger partial charge in [0, 0.05) is 5.56 Å². The van der Waals surface area contributed by atoms with Crippen molar-refractivity contribution >= 4 is 0 Å². The number of hydrogen-bond acceptors (Lipinski definition) is 5. The molecule has 1 atom stereocenters. The van der Waals surface area contributed by atoms with E-state index in [1.807, 2.05) is 31.2 Å². The molecule has 2 rings (SSSR count). The second kappa shape index (κ2) is 7.05. The van der Waals surface area contributed by atoms with Gasteiger partial charge in [-0.1, -0.05) is 37.1 Å². The highest BCUT2D eigenvalue weighted by molar-refractivity contribution is 5.56. The molecule has 0 aliphatic heterocycles. The van der Waals surface area contributed by atoms with Crippen molar-refractivity contribution in [2.45, 2.75) is 39.2 Å². The lowest BCUT2D eigenvalue weighted by Gasteiger charge is -2.04. The van der Waals surface area contributed by atoms with Crippen molar-refractivity contribution in [2.75, 3.05) is 6.61 Å². The lowest BCUT2D eigenvalue weighted by molar-refractivity contribution is 0.340. The predicted molar refractivity (Wildman–Crippen MR) is 77.4 cm³/mol. The number of hydrogen-bond donors (Lipinski definition) is 1. The molecule has 0 saturated carbocycles. The Labute approximate surface area is 119 Å². The van der Waals surface area contributed by atoms with Crippen LogP contribution in [0.5, 0.6) is 5.75 Å². The molecule has 5 heteroatoms. The third-order valence-electron chi connectivity index (χ3n) is 3.03. The highest BCUT2D eigenvalue weighted by Crippen LogP contribution is 2.23. The highest BCUT2D eigenvalue weighted by atomic mass is 16.5. The lowest BCUT2D eigenvalue weighted by atomic mass is 10.1. The Morgan fingerprint density at radius 1 is 1.35 bits per heavy atom. The van der Waals surface area contributed by atoms with Crippen molar-refractivity contribution in [2.24, 2.45) is 5.73 Å². The maximum absolute atomic E-state index is 6.03. The number of ether oxygens (including phenoxy) is 1. The van der Waals surface area contributed by atoms with E-state index in [0.29, 0.717) is 18.3 Å². The summed E-state index contributed by atoms with van der Waals surface area (Å²) in [6.07, 6.45) is 3.01. The summed E-state index contributed by atoms with van der Waals surface area (Å²) >= 11 is 0. The van der Waals surface area contributed by atoms with E-state index in [9.17, 15) is 0 Å². The molecule has 0 aliphatic rings. The molecule has 0 saturated heterocycles. The topological polar surface area (TPSA) is 74.2 Å². The van der Waals surface area contributed by atoms with Gasteiger partial charge in [0.25, 0.3) is 0 Å². The first-order valence-electron chi connectivity index (χ1n) is 7.07. The Morgan fingerprint density at radius 2 is 2.20 bits per heavy atom. The maximum Gasteiger partial charge on any atom is 0.243 e. The van der Waals surface area contributed by atoms with Gasteiger partial charge in [-0.25, -0.2) is 0 Å². The number of benzene rings is 1. The average molecular weight is 275 g/mol. The van der Waals surface area contributed by atoms with Crippen molar-refractivity contribution in [3.63, 3.8) is 0 Å². The van der Waals surface area contributed by atoms with Gasteiger partial charge in [-0.05, 0) is 25.5 Å². The maximum atomic E-state index is 6.03. The van der Waals surface area contributed by atoms with Gasteiger partial charge in [0.15, 0.2) is 0 Å². The molecule has 1 aromatic carbocycles. The normalized spacial score (nSPS) is 12.3. The van der Waals surface area contributed by atoms with Gasteiger partial charge in [-0.15, -0.1) is 0 Å². The van der Waals surface area contributed by atoms with E-state index in [-0.39, 0.29) is 6.04 Å². The number of nitrogens with two attached hydrogens (primary N) is 1. The second-order valence-electron chi connectivity index (χ2n) is 4.67. The summed E-state index contributed by atoms with van der Waals surface area (Å²) in [5.74, 6) is 1.84. The van der Waals surface area contributed by atoms with Crippen LogP contribution in [0.15, 0.2) is 28.8 Å². The molecule has 1 heterocycles. The van der Waals surface area contributed by atoms with E-state index in [4.69, 9.17) is 15.0 Å². The van der Waals surface area contributed by atoms with Crippen LogP contribution in [0.25, 0.3) is 11.4 Å². The average Bonchev–Trinajstić information content (AvgIpc) is 2.95. The van der Waals surface area contributed by atoms with Crippen LogP contribution in [0.4, 0.5) is 0 Å². The lowest BCUT2D eigenvalue weighted by Crippen LogP contribution is -2.10. The van der Waals surface area contributed by atoms with Crippen molar-refractivity contribution in [3.05, 3.63) is 30.2 Å². The fourth-order valence-electron chi connectivity index (χ4n) is 1.94. The van der Waals surface area contributed by atoms with E-state index in [1.165, 1.54) is 0 Å². The van der Waals surface area contributed by atoms with E-state index >= 15 is 0 Å². The van der Waals surface area contributed by atoms with E-state index in [1.54, 1.807) is 0 Å². The van der Waals surface area contributed by atoms with E-state index < -0.39 is 0 Å². The summed E-state index contributed by atoms with van der Waals surface area (Å²) in [4.78, 5) is 4.38. The van der Waals surface area contributed by atoms with Gasteiger partial charge in [0.1, 0.15) is 5.75 Å². The fraction of sp³-hybridized carbons (Fsp3) is 0.467. The molecular weight excluding hydrogens is 254 g/mol. The monoisotopic (exact) mass is 275 g/mol. The third kappa shape index (κ3) is 3.57. The SMILES string of the molecule is CCCC[C@H](N)c1nc(-c2cccc(OCC)c2)no1. The molecule has 0 radical (unpaired) electrons. The molecule has 2 N–H and O–H groups in total. The molecule has 0 aliphatic carbocycles. The largest absolute Gasteiger partial charge is 0.494 e. The Hall–Kier alpha value is -1.88. The molecular formula is C15H21N3O2. The van der Waals surface area contributed by atoms with Crippen LogP contribution in [0.3, 0.4) is 0 Å². The summed E-state index contributed by atoms with van der Waals surface area (Å²) < 4.78 is 10.7. The molecule has 1 aromatic heterocycles. The Bertz CT molecular complexity index is 539. The number of unbranched alkanes of at least 4 members (excludes halogenated alkanes) is 1. The van der Waals surface area contributed by atoms with E-state index in [2.05, 4.69) is 17.1 Å². The molecule has 108 valence electrons. The summed E-state index contributed by atoms with van der Waals surface area (Å²) in [5, 5.41) is 4.00. The molecule has 20 heavy (non-hydrogen) atoms.